The molecule has 6 heteroatoms. The fourth-order valence-electron chi connectivity index (χ4n) is 1.76. The smallest absolute Gasteiger partial charge is 0.270 e. The minimum atomic E-state index is -0.395. The molecule has 1 aromatic carbocycles. The van der Waals surface area contributed by atoms with E-state index in [1.54, 1.807) is 6.07 Å². The van der Waals surface area contributed by atoms with E-state index in [0.29, 0.717) is 0 Å². The number of non-ortho nitro benzene ring substituents is 1. The number of hydrogen-bond donors (Lipinski definition) is 1. The van der Waals surface area contributed by atoms with Crippen molar-refractivity contribution in [3.05, 3.63) is 38.3 Å². The zero-order valence-electron chi connectivity index (χ0n) is 8.60. The topological polar surface area (TPSA) is 72.4 Å². The fraction of sp³-hybridized carbons (Fsp3) is 0.400. The SMILES string of the molecule is NC1CN(Cc2ccc([N+](=O)[O-])cc2Br)C1. The van der Waals surface area contributed by atoms with Gasteiger partial charge < -0.3 is 5.73 Å². The number of likely N-dealkylation sites (tertiary alicyclic amines) is 1. The van der Waals surface area contributed by atoms with E-state index >= 15 is 0 Å². The van der Waals surface area contributed by atoms with E-state index in [1.165, 1.54) is 12.1 Å². The molecule has 0 amide bonds. The normalized spacial score (nSPS) is 17.1. The summed E-state index contributed by atoms with van der Waals surface area (Å²) in [4.78, 5) is 12.4. The summed E-state index contributed by atoms with van der Waals surface area (Å²) in [5, 5.41) is 10.6. The third-order valence-corrected chi connectivity index (χ3v) is 3.37. The third-order valence-electron chi connectivity index (χ3n) is 2.63. The molecular weight excluding hydrogens is 274 g/mol. The van der Waals surface area contributed by atoms with E-state index < -0.39 is 4.92 Å². The molecule has 0 spiro atoms. The maximum Gasteiger partial charge on any atom is 0.270 e. The number of nitrogens with zero attached hydrogens (tertiary/aromatic N) is 2. The van der Waals surface area contributed by atoms with Crippen LogP contribution in [-0.2, 0) is 6.54 Å². The number of halogens is 1. The third kappa shape index (κ3) is 2.40. The van der Waals surface area contributed by atoms with Crippen molar-refractivity contribution in [3.63, 3.8) is 0 Å². The predicted octanol–water partition coefficient (Wildman–Crippen LogP) is 1.50. The molecule has 0 aliphatic carbocycles. The van der Waals surface area contributed by atoms with Crippen LogP contribution in [0.2, 0.25) is 0 Å². The molecule has 0 aromatic heterocycles. The first-order valence-corrected chi connectivity index (χ1v) is 5.76. The Morgan fingerprint density at radius 2 is 2.25 bits per heavy atom. The summed E-state index contributed by atoms with van der Waals surface area (Å²) >= 11 is 3.35. The molecule has 2 N–H and O–H groups in total. The van der Waals surface area contributed by atoms with E-state index in [0.717, 1.165) is 29.7 Å². The summed E-state index contributed by atoms with van der Waals surface area (Å²) in [5.41, 5.74) is 6.84. The van der Waals surface area contributed by atoms with Crippen LogP contribution in [0.4, 0.5) is 5.69 Å². The summed E-state index contributed by atoms with van der Waals surface area (Å²) in [6, 6.07) is 5.12. The monoisotopic (exact) mass is 285 g/mol. The van der Waals surface area contributed by atoms with Crippen LogP contribution < -0.4 is 5.73 Å². The second kappa shape index (κ2) is 4.48. The van der Waals surface area contributed by atoms with Gasteiger partial charge in [0.05, 0.1) is 4.92 Å². The van der Waals surface area contributed by atoms with E-state index in [-0.39, 0.29) is 11.7 Å². The second-order valence-electron chi connectivity index (χ2n) is 3.99. The van der Waals surface area contributed by atoms with Gasteiger partial charge in [0.25, 0.3) is 5.69 Å². The first-order valence-electron chi connectivity index (χ1n) is 4.97. The van der Waals surface area contributed by atoms with Crippen molar-refractivity contribution >= 4 is 21.6 Å². The van der Waals surface area contributed by atoms with Crippen molar-refractivity contribution in [2.24, 2.45) is 5.73 Å². The van der Waals surface area contributed by atoms with E-state index in [1.807, 2.05) is 0 Å². The minimum Gasteiger partial charge on any atom is -0.325 e. The first kappa shape index (κ1) is 11.5. The lowest BCUT2D eigenvalue weighted by molar-refractivity contribution is -0.384. The van der Waals surface area contributed by atoms with Crippen molar-refractivity contribution in [1.82, 2.24) is 4.90 Å². The predicted molar refractivity (Wildman–Crippen MR) is 64.0 cm³/mol. The molecule has 1 aliphatic rings. The van der Waals surface area contributed by atoms with Crippen molar-refractivity contribution in [3.8, 4) is 0 Å². The number of hydrogen-bond acceptors (Lipinski definition) is 4. The van der Waals surface area contributed by atoms with Crippen molar-refractivity contribution < 1.29 is 4.92 Å². The molecule has 1 heterocycles. The van der Waals surface area contributed by atoms with Crippen molar-refractivity contribution in [1.29, 1.82) is 0 Å². The Hall–Kier alpha value is -0.980. The molecule has 16 heavy (non-hydrogen) atoms. The Morgan fingerprint density at radius 1 is 1.56 bits per heavy atom. The second-order valence-corrected chi connectivity index (χ2v) is 4.84. The van der Waals surface area contributed by atoms with Gasteiger partial charge in [-0.2, -0.15) is 0 Å². The van der Waals surface area contributed by atoms with Gasteiger partial charge in [0.1, 0.15) is 0 Å². The molecule has 0 bridgehead atoms. The Labute approximate surface area is 102 Å². The van der Waals surface area contributed by atoms with Gasteiger partial charge in [-0.25, -0.2) is 0 Å². The summed E-state index contributed by atoms with van der Waals surface area (Å²) in [7, 11) is 0. The summed E-state index contributed by atoms with van der Waals surface area (Å²) in [5.74, 6) is 0. The maximum atomic E-state index is 10.6. The molecule has 0 saturated carbocycles. The Kier molecular flexibility index (Phi) is 3.22. The van der Waals surface area contributed by atoms with Gasteiger partial charge >= 0.3 is 0 Å². The number of benzene rings is 1. The molecule has 86 valence electrons. The fourth-order valence-corrected chi connectivity index (χ4v) is 2.25. The van der Waals surface area contributed by atoms with Crippen LogP contribution in [-0.4, -0.2) is 29.0 Å². The number of nitro benzene ring substituents is 1. The number of nitrogens with two attached hydrogens (primary N) is 1. The summed E-state index contributed by atoms with van der Waals surface area (Å²) in [6.07, 6.45) is 0. The van der Waals surface area contributed by atoms with Crippen LogP contribution in [0.1, 0.15) is 5.56 Å². The van der Waals surface area contributed by atoms with Crippen LogP contribution in [0.5, 0.6) is 0 Å². The lowest BCUT2D eigenvalue weighted by Crippen LogP contribution is -2.54. The molecule has 1 aliphatic heterocycles. The zero-order valence-corrected chi connectivity index (χ0v) is 10.2. The minimum absolute atomic E-state index is 0.107. The highest BCUT2D eigenvalue weighted by Gasteiger charge is 2.23. The van der Waals surface area contributed by atoms with E-state index in [4.69, 9.17) is 5.73 Å². The van der Waals surface area contributed by atoms with Crippen molar-refractivity contribution in [2.75, 3.05) is 13.1 Å². The first-order chi connectivity index (χ1) is 7.56. The Balaban J connectivity index is 2.07. The van der Waals surface area contributed by atoms with Crippen LogP contribution in [0.25, 0.3) is 0 Å². The Morgan fingerprint density at radius 3 is 2.75 bits per heavy atom. The van der Waals surface area contributed by atoms with Gasteiger partial charge in [-0.15, -0.1) is 0 Å². The lowest BCUT2D eigenvalue weighted by atomic mass is 10.1. The summed E-state index contributed by atoms with van der Waals surface area (Å²) < 4.78 is 0.780. The molecule has 1 saturated heterocycles. The largest absolute Gasteiger partial charge is 0.325 e. The van der Waals surface area contributed by atoms with Gasteiger partial charge in [0.15, 0.2) is 0 Å². The number of rotatable bonds is 3. The average molecular weight is 286 g/mol. The highest BCUT2D eigenvalue weighted by molar-refractivity contribution is 9.10. The standard InChI is InChI=1S/C10H12BrN3O2/c11-10-3-9(14(15)16)2-1-7(10)4-13-5-8(12)6-13/h1-3,8H,4-6,12H2. The van der Waals surface area contributed by atoms with Crippen LogP contribution >= 0.6 is 15.9 Å². The molecule has 0 radical (unpaired) electrons. The highest BCUT2D eigenvalue weighted by atomic mass is 79.9. The van der Waals surface area contributed by atoms with E-state index in [2.05, 4.69) is 20.8 Å². The van der Waals surface area contributed by atoms with Crippen LogP contribution in [0.3, 0.4) is 0 Å². The quantitative estimate of drug-likeness (QED) is 0.675. The molecule has 1 aromatic rings. The molecular formula is C10H12BrN3O2. The average Bonchev–Trinajstić information content (AvgIpc) is 2.18. The molecule has 5 nitrogen and oxygen atoms in total. The van der Waals surface area contributed by atoms with Gasteiger partial charge in [-0.05, 0) is 11.6 Å². The van der Waals surface area contributed by atoms with Gasteiger partial charge in [-0.3, -0.25) is 15.0 Å². The number of nitro groups is 1. The van der Waals surface area contributed by atoms with Crippen LogP contribution in [0.15, 0.2) is 22.7 Å². The summed E-state index contributed by atoms with van der Waals surface area (Å²) in [6.45, 7) is 2.57. The van der Waals surface area contributed by atoms with Gasteiger partial charge in [0, 0.05) is 42.3 Å². The molecule has 0 unspecified atom stereocenters. The lowest BCUT2D eigenvalue weighted by Gasteiger charge is -2.36. The van der Waals surface area contributed by atoms with Gasteiger partial charge in [0.2, 0.25) is 0 Å². The van der Waals surface area contributed by atoms with Crippen LogP contribution in [0, 0.1) is 10.1 Å². The van der Waals surface area contributed by atoms with E-state index in [9.17, 15) is 10.1 Å². The molecule has 2 rings (SSSR count). The molecule has 0 atom stereocenters. The highest BCUT2D eigenvalue weighted by Crippen LogP contribution is 2.25. The maximum absolute atomic E-state index is 10.6. The zero-order chi connectivity index (χ0) is 11.7. The molecule has 1 fully saturated rings. The van der Waals surface area contributed by atoms with Crippen molar-refractivity contribution in [2.45, 2.75) is 12.6 Å². The Bertz CT molecular complexity index is 419. The van der Waals surface area contributed by atoms with Gasteiger partial charge in [-0.1, -0.05) is 15.9 Å².